The third kappa shape index (κ3) is 4.49. The molecule has 0 spiro atoms. The first-order chi connectivity index (χ1) is 13.3. The van der Waals surface area contributed by atoms with Gasteiger partial charge in [0.1, 0.15) is 13.0 Å². The summed E-state index contributed by atoms with van der Waals surface area (Å²) in [4.78, 5) is 10.5. The maximum absolute atomic E-state index is 13.2. The Hall–Kier alpha value is -2.70. The number of aldehydes is 1. The Kier molecular flexibility index (Phi) is 5.05. The van der Waals surface area contributed by atoms with Crippen molar-refractivity contribution >= 4 is 12.1 Å². The average molecular weight is 428 g/mol. The molecule has 1 saturated heterocycles. The number of rotatable bonds is 4. The van der Waals surface area contributed by atoms with E-state index in [4.69, 9.17) is 0 Å². The molecule has 0 amide bonds. The molecule has 0 atom stereocenters. The molecule has 158 valence electrons. The molecule has 0 N–H and O–H groups in total. The SMILES string of the molecule is O=C/C=C/N1CN(N2CC(F)(F)C2)C(c2cc(C(F)(F)F)cc(C(F)(F)F)c2)=N1. The number of hydrazine groups is 1. The summed E-state index contributed by atoms with van der Waals surface area (Å²) in [5.74, 6) is -3.42. The van der Waals surface area contributed by atoms with Gasteiger partial charge in [0, 0.05) is 11.8 Å². The van der Waals surface area contributed by atoms with Crippen LogP contribution in [0.4, 0.5) is 35.1 Å². The zero-order valence-electron chi connectivity index (χ0n) is 14.3. The largest absolute Gasteiger partial charge is 0.416 e. The number of amidine groups is 1. The summed E-state index contributed by atoms with van der Waals surface area (Å²) in [6.45, 7) is -1.82. The van der Waals surface area contributed by atoms with Crippen molar-refractivity contribution in [2.75, 3.05) is 19.8 Å². The highest BCUT2D eigenvalue weighted by atomic mass is 19.4. The first-order valence-corrected chi connectivity index (χ1v) is 7.97. The average Bonchev–Trinajstić information content (AvgIpc) is 2.99. The molecular weight excluding hydrogens is 416 g/mol. The zero-order chi connectivity index (χ0) is 21.6. The molecule has 0 aromatic heterocycles. The lowest BCUT2D eigenvalue weighted by molar-refractivity contribution is -0.194. The standard InChI is InChI=1S/C16H12F8N4O/c17-14(18)7-27(8-14)28-9-26(2-1-3-29)25-13(28)10-4-11(15(19,20)21)6-12(5-10)16(22,23)24/h1-6H,7-9H2/b2-1+. The van der Waals surface area contributed by atoms with Crippen molar-refractivity contribution in [3.63, 3.8) is 0 Å². The summed E-state index contributed by atoms with van der Waals surface area (Å²) in [7, 11) is 0. The van der Waals surface area contributed by atoms with Gasteiger partial charge < -0.3 is 0 Å². The minimum absolute atomic E-state index is 0.0365. The van der Waals surface area contributed by atoms with Crippen LogP contribution in [0, 0.1) is 0 Å². The summed E-state index contributed by atoms with van der Waals surface area (Å²) in [6.07, 6.45) is -7.66. The van der Waals surface area contributed by atoms with Gasteiger partial charge in [-0.3, -0.25) is 9.80 Å². The van der Waals surface area contributed by atoms with E-state index in [0.717, 1.165) is 27.3 Å². The lowest BCUT2D eigenvalue weighted by Gasteiger charge is -2.44. The van der Waals surface area contributed by atoms with Crippen LogP contribution in [-0.4, -0.2) is 52.8 Å². The first-order valence-electron chi connectivity index (χ1n) is 7.97. The molecule has 5 nitrogen and oxygen atoms in total. The predicted molar refractivity (Wildman–Crippen MR) is 83.3 cm³/mol. The summed E-state index contributed by atoms with van der Waals surface area (Å²) < 4.78 is 105. The van der Waals surface area contributed by atoms with Gasteiger partial charge in [-0.15, -0.1) is 0 Å². The normalized spacial score (nSPS) is 20.2. The third-order valence-corrected chi connectivity index (χ3v) is 4.10. The van der Waals surface area contributed by atoms with E-state index in [2.05, 4.69) is 5.10 Å². The second-order valence-electron chi connectivity index (χ2n) is 6.35. The molecule has 1 aromatic rings. The Bertz CT molecular complexity index is 821. The van der Waals surface area contributed by atoms with E-state index in [0.29, 0.717) is 18.4 Å². The fraction of sp³-hybridized carbons (Fsp3) is 0.375. The van der Waals surface area contributed by atoms with Gasteiger partial charge in [0.2, 0.25) is 0 Å². The minimum atomic E-state index is -5.07. The highest BCUT2D eigenvalue weighted by molar-refractivity contribution is 5.99. The number of hydrazone groups is 1. The Morgan fingerprint density at radius 3 is 1.97 bits per heavy atom. The van der Waals surface area contributed by atoms with Crippen molar-refractivity contribution in [2.45, 2.75) is 18.3 Å². The molecule has 0 unspecified atom stereocenters. The summed E-state index contributed by atoms with van der Waals surface area (Å²) >= 11 is 0. The van der Waals surface area contributed by atoms with Gasteiger partial charge in [-0.2, -0.15) is 31.4 Å². The number of alkyl halides is 8. The molecule has 2 aliphatic rings. The number of hydrogen-bond donors (Lipinski definition) is 0. The molecule has 1 fully saturated rings. The van der Waals surface area contributed by atoms with Crippen molar-refractivity contribution in [1.29, 1.82) is 0 Å². The second kappa shape index (κ2) is 6.97. The minimum Gasteiger partial charge on any atom is -0.299 e. The monoisotopic (exact) mass is 428 g/mol. The molecule has 2 heterocycles. The molecule has 13 heteroatoms. The molecule has 0 saturated carbocycles. The van der Waals surface area contributed by atoms with Crippen molar-refractivity contribution in [3.05, 3.63) is 47.2 Å². The van der Waals surface area contributed by atoms with Crippen LogP contribution >= 0.6 is 0 Å². The van der Waals surface area contributed by atoms with E-state index in [1.807, 2.05) is 0 Å². The number of benzene rings is 1. The van der Waals surface area contributed by atoms with Gasteiger partial charge in [-0.1, -0.05) is 0 Å². The van der Waals surface area contributed by atoms with E-state index >= 15 is 0 Å². The topological polar surface area (TPSA) is 39.2 Å². The fourth-order valence-electron chi connectivity index (χ4n) is 2.80. The number of halogens is 8. The third-order valence-electron chi connectivity index (χ3n) is 4.10. The van der Waals surface area contributed by atoms with Crippen LogP contribution in [-0.2, 0) is 17.1 Å². The van der Waals surface area contributed by atoms with Crippen LogP contribution in [0.25, 0.3) is 0 Å². The van der Waals surface area contributed by atoms with E-state index in [1.165, 1.54) is 0 Å². The molecule has 0 bridgehead atoms. The maximum Gasteiger partial charge on any atom is 0.416 e. The molecule has 0 aliphatic carbocycles. The van der Waals surface area contributed by atoms with Crippen molar-refractivity contribution in [2.24, 2.45) is 5.10 Å². The van der Waals surface area contributed by atoms with Gasteiger partial charge in [-0.25, -0.2) is 18.8 Å². The van der Waals surface area contributed by atoms with Crippen LogP contribution in [0.1, 0.15) is 16.7 Å². The van der Waals surface area contributed by atoms with Crippen LogP contribution in [0.5, 0.6) is 0 Å². The van der Waals surface area contributed by atoms with Crippen molar-refractivity contribution < 1.29 is 39.9 Å². The number of hydrogen-bond acceptors (Lipinski definition) is 5. The van der Waals surface area contributed by atoms with Gasteiger partial charge >= 0.3 is 12.4 Å². The molecule has 29 heavy (non-hydrogen) atoms. The maximum atomic E-state index is 13.2. The molecule has 1 aromatic carbocycles. The van der Waals surface area contributed by atoms with Crippen LogP contribution in [0.15, 0.2) is 35.6 Å². The number of carbonyl (C=O) groups excluding carboxylic acids is 1. The molecule has 0 radical (unpaired) electrons. The summed E-state index contributed by atoms with van der Waals surface area (Å²) in [5, 5.41) is 7.01. The Labute approximate surface area is 158 Å². The Balaban J connectivity index is 2.06. The van der Waals surface area contributed by atoms with Gasteiger partial charge in [0.05, 0.1) is 24.2 Å². The van der Waals surface area contributed by atoms with Crippen molar-refractivity contribution in [3.8, 4) is 0 Å². The highest BCUT2D eigenvalue weighted by Gasteiger charge is 2.49. The van der Waals surface area contributed by atoms with Crippen LogP contribution < -0.4 is 0 Å². The summed E-state index contributed by atoms with van der Waals surface area (Å²) in [5.41, 5.74) is -3.66. The Morgan fingerprint density at radius 2 is 1.52 bits per heavy atom. The number of carbonyl (C=O) groups is 1. The number of nitrogens with zero attached hydrogens (tertiary/aromatic N) is 4. The molecule has 2 aliphatic heterocycles. The van der Waals surface area contributed by atoms with Gasteiger partial charge in [-0.05, 0) is 24.3 Å². The number of allylic oxidation sites excluding steroid dienone is 1. The van der Waals surface area contributed by atoms with E-state index in [-0.39, 0.29) is 18.6 Å². The molecule has 3 rings (SSSR count). The quantitative estimate of drug-likeness (QED) is 0.418. The second-order valence-corrected chi connectivity index (χ2v) is 6.35. The van der Waals surface area contributed by atoms with E-state index < -0.39 is 48.1 Å². The highest BCUT2D eigenvalue weighted by Crippen LogP contribution is 2.38. The van der Waals surface area contributed by atoms with Crippen LogP contribution in [0.3, 0.4) is 0 Å². The Morgan fingerprint density at radius 1 is 0.966 bits per heavy atom. The lowest BCUT2D eigenvalue weighted by atomic mass is 10.0. The van der Waals surface area contributed by atoms with Gasteiger partial charge in [0.15, 0.2) is 5.84 Å². The smallest absolute Gasteiger partial charge is 0.299 e. The van der Waals surface area contributed by atoms with E-state index in [9.17, 15) is 39.9 Å². The van der Waals surface area contributed by atoms with E-state index in [1.54, 1.807) is 0 Å². The first kappa shape index (κ1) is 21.0. The van der Waals surface area contributed by atoms with Gasteiger partial charge in [0.25, 0.3) is 5.92 Å². The van der Waals surface area contributed by atoms with Crippen molar-refractivity contribution in [1.82, 2.24) is 15.0 Å². The molecular formula is C16H12F8N4O. The lowest BCUT2D eigenvalue weighted by Crippen LogP contribution is -2.64. The summed E-state index contributed by atoms with van der Waals surface area (Å²) in [6, 6.07) is 0.892. The predicted octanol–water partition coefficient (Wildman–Crippen LogP) is 3.54. The van der Waals surface area contributed by atoms with Crippen LogP contribution in [0.2, 0.25) is 0 Å². The zero-order valence-corrected chi connectivity index (χ0v) is 14.3. The fourth-order valence-corrected chi connectivity index (χ4v) is 2.80.